The molecule has 0 unspecified atom stereocenters. The Morgan fingerprint density at radius 3 is 2.50 bits per heavy atom. The van der Waals surface area contributed by atoms with Crippen molar-refractivity contribution in [2.24, 2.45) is 5.92 Å². The summed E-state index contributed by atoms with van der Waals surface area (Å²) in [5.41, 5.74) is 6.91. The lowest BCUT2D eigenvalue weighted by atomic mass is 10.00. The van der Waals surface area contributed by atoms with Gasteiger partial charge >= 0.3 is 5.97 Å². The number of carbonyl (C=O) groups excluding carboxylic acids is 1. The van der Waals surface area contributed by atoms with Gasteiger partial charge in [0.05, 0.1) is 11.4 Å². The summed E-state index contributed by atoms with van der Waals surface area (Å²) in [6.45, 7) is 9.23. The maximum absolute atomic E-state index is 12.9. The molecule has 0 bridgehead atoms. The fraction of sp³-hybridized carbons (Fsp3) is 0.348. The minimum Gasteiger partial charge on any atom is -0.481 e. The molecule has 1 aromatic carbocycles. The molecular formula is C23H26N4O3. The van der Waals surface area contributed by atoms with E-state index in [9.17, 15) is 9.59 Å². The summed E-state index contributed by atoms with van der Waals surface area (Å²) in [5.74, 6) is -0.959. The van der Waals surface area contributed by atoms with Crippen molar-refractivity contribution in [1.82, 2.24) is 14.9 Å². The summed E-state index contributed by atoms with van der Waals surface area (Å²) in [5, 5.41) is 13.4. The molecule has 0 spiro atoms. The highest BCUT2D eigenvalue weighted by molar-refractivity contribution is 6.01. The number of rotatable bonds is 5. The van der Waals surface area contributed by atoms with Gasteiger partial charge in [-0.05, 0) is 56.0 Å². The lowest BCUT2D eigenvalue weighted by Crippen LogP contribution is -2.53. The standard InChI is InChI=1S/C23H26N4O3/c1-12-6-5-7-13(2)18(12)9-24-21-20-17(14(3)15(4)25-20)8-19(26-21)22(28)27-10-16(11-27)23(29)30/h5-8,16,25H,9-11H2,1-4H3,(H,24,26)(H,29,30). The highest BCUT2D eigenvalue weighted by Gasteiger charge is 2.36. The minimum atomic E-state index is -0.865. The molecule has 4 rings (SSSR count). The number of aryl methyl sites for hydroxylation is 4. The third-order valence-corrected chi connectivity index (χ3v) is 6.11. The van der Waals surface area contributed by atoms with Gasteiger partial charge in [0.1, 0.15) is 5.69 Å². The number of benzene rings is 1. The number of anilines is 1. The molecule has 1 amide bonds. The molecule has 3 heterocycles. The molecule has 0 radical (unpaired) electrons. The first kappa shape index (κ1) is 19.9. The number of nitrogens with zero attached hydrogens (tertiary/aromatic N) is 2. The summed E-state index contributed by atoms with van der Waals surface area (Å²) in [4.78, 5) is 33.5. The van der Waals surface area contributed by atoms with E-state index < -0.39 is 11.9 Å². The zero-order chi connectivity index (χ0) is 21.6. The second-order valence-electron chi connectivity index (χ2n) is 8.12. The average Bonchev–Trinajstić information content (AvgIpc) is 2.94. The van der Waals surface area contributed by atoms with Crippen LogP contribution in [-0.2, 0) is 11.3 Å². The van der Waals surface area contributed by atoms with Crippen molar-refractivity contribution in [3.05, 3.63) is 57.9 Å². The number of carboxylic acids is 1. The van der Waals surface area contributed by atoms with E-state index >= 15 is 0 Å². The van der Waals surface area contributed by atoms with Crippen LogP contribution in [0.15, 0.2) is 24.3 Å². The Balaban J connectivity index is 1.67. The minimum absolute atomic E-state index is 0.226. The molecule has 1 aliphatic rings. The van der Waals surface area contributed by atoms with Gasteiger partial charge in [0, 0.05) is 30.7 Å². The third-order valence-electron chi connectivity index (χ3n) is 6.11. The van der Waals surface area contributed by atoms with Crippen LogP contribution < -0.4 is 5.32 Å². The summed E-state index contributed by atoms with van der Waals surface area (Å²) >= 11 is 0. The van der Waals surface area contributed by atoms with E-state index in [1.54, 1.807) is 6.07 Å². The Labute approximate surface area is 175 Å². The number of pyridine rings is 1. The number of aromatic amines is 1. The van der Waals surface area contributed by atoms with Crippen LogP contribution in [0.4, 0.5) is 5.82 Å². The highest BCUT2D eigenvalue weighted by atomic mass is 16.4. The van der Waals surface area contributed by atoms with Gasteiger partial charge in [-0.25, -0.2) is 4.98 Å². The van der Waals surface area contributed by atoms with Gasteiger partial charge in [-0.15, -0.1) is 0 Å². The molecule has 1 saturated heterocycles. The SMILES string of the molecule is Cc1cccc(C)c1CNc1nc(C(=O)N2CC(C(=O)O)C2)cc2c(C)c(C)[nH]c12. The molecule has 3 aromatic rings. The number of hydrogen-bond acceptors (Lipinski definition) is 4. The number of carbonyl (C=O) groups is 2. The number of aliphatic carboxylic acids is 1. The molecule has 0 aliphatic carbocycles. The second-order valence-corrected chi connectivity index (χ2v) is 8.12. The van der Waals surface area contributed by atoms with E-state index in [0.717, 1.165) is 22.2 Å². The Bertz CT molecular complexity index is 1140. The van der Waals surface area contributed by atoms with Crippen molar-refractivity contribution in [1.29, 1.82) is 0 Å². The zero-order valence-electron chi connectivity index (χ0n) is 17.7. The van der Waals surface area contributed by atoms with E-state index in [1.807, 2.05) is 19.9 Å². The van der Waals surface area contributed by atoms with E-state index in [2.05, 4.69) is 41.3 Å². The van der Waals surface area contributed by atoms with Gasteiger partial charge in [-0.1, -0.05) is 18.2 Å². The molecule has 1 fully saturated rings. The van der Waals surface area contributed by atoms with Crippen molar-refractivity contribution in [3.63, 3.8) is 0 Å². The number of aromatic nitrogens is 2. The van der Waals surface area contributed by atoms with Gasteiger partial charge in [-0.2, -0.15) is 0 Å². The van der Waals surface area contributed by atoms with E-state index in [-0.39, 0.29) is 19.0 Å². The summed E-state index contributed by atoms with van der Waals surface area (Å²) in [6.07, 6.45) is 0. The van der Waals surface area contributed by atoms with Crippen molar-refractivity contribution < 1.29 is 14.7 Å². The lowest BCUT2D eigenvalue weighted by Gasteiger charge is -2.36. The smallest absolute Gasteiger partial charge is 0.310 e. The Hall–Kier alpha value is -3.35. The van der Waals surface area contributed by atoms with Crippen molar-refractivity contribution in [2.75, 3.05) is 18.4 Å². The maximum Gasteiger partial charge on any atom is 0.310 e. The predicted molar refractivity (Wildman–Crippen MR) is 116 cm³/mol. The van der Waals surface area contributed by atoms with Crippen LogP contribution in [0.3, 0.4) is 0 Å². The first-order chi connectivity index (χ1) is 14.3. The lowest BCUT2D eigenvalue weighted by molar-refractivity contribution is -0.146. The average molecular weight is 406 g/mol. The normalized spacial score (nSPS) is 14.1. The molecular weight excluding hydrogens is 380 g/mol. The number of carboxylic acid groups (broad SMARTS) is 1. The molecule has 0 saturated carbocycles. The largest absolute Gasteiger partial charge is 0.481 e. The van der Waals surface area contributed by atoms with Gasteiger partial charge in [-0.3, -0.25) is 9.59 Å². The molecule has 3 N–H and O–H groups in total. The van der Waals surface area contributed by atoms with Crippen molar-refractivity contribution in [3.8, 4) is 0 Å². The third kappa shape index (κ3) is 3.40. The monoisotopic (exact) mass is 406 g/mol. The van der Waals surface area contributed by atoms with Crippen molar-refractivity contribution in [2.45, 2.75) is 34.2 Å². The van der Waals surface area contributed by atoms with Crippen LogP contribution in [-0.4, -0.2) is 44.9 Å². The van der Waals surface area contributed by atoms with Gasteiger partial charge in [0.25, 0.3) is 5.91 Å². The van der Waals surface area contributed by atoms with E-state index in [1.165, 1.54) is 21.6 Å². The predicted octanol–water partition coefficient (Wildman–Crippen LogP) is 3.57. The number of likely N-dealkylation sites (tertiary alicyclic amines) is 1. The number of amides is 1. The Morgan fingerprint density at radius 1 is 1.20 bits per heavy atom. The number of H-pyrrole nitrogens is 1. The van der Waals surface area contributed by atoms with Crippen molar-refractivity contribution >= 4 is 28.6 Å². The number of fused-ring (bicyclic) bond motifs is 1. The quantitative estimate of drug-likeness (QED) is 0.602. The first-order valence-electron chi connectivity index (χ1n) is 10.1. The van der Waals surface area contributed by atoms with Crippen LogP contribution in [0.25, 0.3) is 10.9 Å². The first-order valence-corrected chi connectivity index (χ1v) is 10.1. The fourth-order valence-electron chi connectivity index (χ4n) is 3.95. The molecule has 7 nitrogen and oxygen atoms in total. The fourth-order valence-corrected chi connectivity index (χ4v) is 3.95. The van der Waals surface area contributed by atoms with E-state index in [0.29, 0.717) is 18.1 Å². The van der Waals surface area contributed by atoms with Gasteiger partial charge in [0.2, 0.25) is 0 Å². The van der Waals surface area contributed by atoms with Crippen LogP contribution in [0, 0.1) is 33.6 Å². The molecule has 2 aromatic heterocycles. The Kier molecular flexibility index (Phi) is 4.97. The number of hydrogen-bond donors (Lipinski definition) is 3. The second kappa shape index (κ2) is 7.48. The summed E-state index contributed by atoms with van der Waals surface area (Å²) < 4.78 is 0. The Morgan fingerprint density at radius 2 is 1.87 bits per heavy atom. The molecule has 30 heavy (non-hydrogen) atoms. The highest BCUT2D eigenvalue weighted by Crippen LogP contribution is 2.29. The van der Waals surface area contributed by atoms with E-state index in [4.69, 9.17) is 5.11 Å². The molecule has 7 heteroatoms. The van der Waals surface area contributed by atoms with Crippen LogP contribution in [0.5, 0.6) is 0 Å². The zero-order valence-corrected chi connectivity index (χ0v) is 17.7. The topological polar surface area (TPSA) is 98.3 Å². The van der Waals surface area contributed by atoms with Crippen LogP contribution in [0.1, 0.15) is 38.4 Å². The number of nitrogens with one attached hydrogen (secondary N) is 2. The molecule has 156 valence electrons. The summed E-state index contributed by atoms with van der Waals surface area (Å²) in [6, 6.07) is 8.01. The van der Waals surface area contributed by atoms with Crippen LogP contribution in [0.2, 0.25) is 0 Å². The molecule has 0 atom stereocenters. The van der Waals surface area contributed by atoms with Gasteiger partial charge in [0.15, 0.2) is 5.82 Å². The maximum atomic E-state index is 12.9. The molecule has 1 aliphatic heterocycles. The van der Waals surface area contributed by atoms with Gasteiger partial charge < -0.3 is 20.3 Å². The summed E-state index contributed by atoms with van der Waals surface area (Å²) in [7, 11) is 0. The van der Waals surface area contributed by atoms with Crippen LogP contribution >= 0.6 is 0 Å².